The van der Waals surface area contributed by atoms with Crippen LogP contribution in [-0.2, 0) is 19.1 Å². The Hall–Kier alpha value is -3.43. The van der Waals surface area contributed by atoms with Crippen LogP contribution in [0.4, 0.5) is 0 Å². The Morgan fingerprint density at radius 3 is 1.50 bits per heavy atom. The Kier molecular flexibility index (Phi) is 8.18. The zero-order chi connectivity index (χ0) is 22.8. The molecule has 5 nitrogen and oxygen atoms in total. The molecule has 0 atom stereocenters. The average Bonchev–Trinajstić information content (AvgIpc) is 2.84. The first-order valence-corrected chi connectivity index (χ1v) is 12.2. The maximum atomic E-state index is 12.9. The van der Waals surface area contributed by atoms with Crippen molar-refractivity contribution in [1.82, 2.24) is 0 Å². The summed E-state index contributed by atoms with van der Waals surface area (Å²) in [4.78, 5) is 25.2. The van der Waals surface area contributed by atoms with Crippen LogP contribution in [0.15, 0.2) is 108 Å². The summed E-state index contributed by atoms with van der Waals surface area (Å²) in [5, 5.41) is 2.87. The van der Waals surface area contributed by atoms with E-state index >= 15 is 0 Å². The number of carbonyl (C=O) groups excluding carboxylic acids is 2. The minimum Gasteiger partial charge on any atom is -0.463 e. The van der Waals surface area contributed by atoms with Gasteiger partial charge in [0.1, 0.15) is 0 Å². The maximum absolute atomic E-state index is 12.9. The molecule has 164 valence electrons. The molecule has 0 saturated carbocycles. The van der Waals surface area contributed by atoms with Gasteiger partial charge in [0.05, 0.1) is 26.3 Å². The molecule has 0 aliphatic rings. The molecule has 0 radical (unpaired) electrons. The van der Waals surface area contributed by atoms with Crippen molar-refractivity contribution in [2.24, 2.45) is 4.74 Å². The molecule has 0 unspecified atom stereocenters. The molecule has 32 heavy (non-hydrogen) atoms. The van der Waals surface area contributed by atoms with E-state index in [2.05, 4.69) is 0 Å². The van der Waals surface area contributed by atoms with Gasteiger partial charge in [-0.1, -0.05) is 91.0 Å². The quantitative estimate of drug-likeness (QED) is 0.295. The molecule has 0 N–H and O–H groups in total. The minimum atomic E-state index is -2.71. The monoisotopic (exact) mass is 447 g/mol. The molecule has 6 heteroatoms. The number of hydrogen-bond donors (Lipinski definition) is 0. The van der Waals surface area contributed by atoms with Crippen LogP contribution >= 0.6 is 7.05 Å². The normalized spacial score (nSPS) is 11.5. The molecule has 3 rings (SSSR count). The summed E-state index contributed by atoms with van der Waals surface area (Å²) in [6, 6.07) is 29.5. The Bertz CT molecular complexity index is 1020. The maximum Gasteiger partial charge on any atom is 0.357 e. The molecule has 0 heterocycles. The second kappa shape index (κ2) is 11.3. The first-order valence-electron chi connectivity index (χ1n) is 10.5. The van der Waals surface area contributed by atoms with Gasteiger partial charge in [-0.3, -0.25) is 0 Å². The van der Waals surface area contributed by atoms with Gasteiger partial charge in [0.2, 0.25) is 0 Å². The van der Waals surface area contributed by atoms with E-state index < -0.39 is 19.0 Å². The molecule has 0 bridgehead atoms. The van der Waals surface area contributed by atoms with Gasteiger partial charge in [-0.15, -0.1) is 0 Å². The fourth-order valence-corrected chi connectivity index (χ4v) is 6.86. The third-order valence-electron chi connectivity index (χ3n) is 4.67. The van der Waals surface area contributed by atoms with Crippen LogP contribution in [0.1, 0.15) is 13.8 Å². The Morgan fingerprint density at radius 2 is 1.12 bits per heavy atom. The van der Waals surface area contributed by atoms with Crippen molar-refractivity contribution in [2.45, 2.75) is 13.8 Å². The summed E-state index contributed by atoms with van der Waals surface area (Å²) < 4.78 is 15.4. The molecule has 0 aromatic heterocycles. The van der Waals surface area contributed by atoms with Crippen LogP contribution in [0.2, 0.25) is 0 Å². The Morgan fingerprint density at radius 1 is 0.719 bits per heavy atom. The van der Waals surface area contributed by atoms with Crippen molar-refractivity contribution >= 4 is 34.9 Å². The van der Waals surface area contributed by atoms with Crippen LogP contribution in [0.3, 0.4) is 0 Å². The topological polar surface area (TPSA) is 65.0 Å². The van der Waals surface area contributed by atoms with Gasteiger partial charge < -0.3 is 9.47 Å². The van der Waals surface area contributed by atoms with E-state index in [0.29, 0.717) is 0 Å². The van der Waals surface area contributed by atoms with Gasteiger partial charge in [-0.25, -0.2) is 14.3 Å². The highest BCUT2D eigenvalue weighted by molar-refractivity contribution is 7.87. The van der Waals surface area contributed by atoms with Gasteiger partial charge in [0.25, 0.3) is 0 Å². The Labute approximate surface area is 188 Å². The average molecular weight is 447 g/mol. The van der Waals surface area contributed by atoms with E-state index in [1.165, 1.54) is 0 Å². The molecule has 3 aromatic rings. The fraction of sp³-hybridized carbons (Fsp3) is 0.154. The van der Waals surface area contributed by atoms with Crippen molar-refractivity contribution in [2.75, 3.05) is 13.2 Å². The lowest BCUT2D eigenvalue weighted by Crippen LogP contribution is -2.26. The van der Waals surface area contributed by atoms with Gasteiger partial charge in [-0.2, -0.15) is 0 Å². The lowest BCUT2D eigenvalue weighted by atomic mass is 10.4. The summed E-state index contributed by atoms with van der Waals surface area (Å²) in [5.74, 6) is -1.29. The molecule has 0 amide bonds. The predicted molar refractivity (Wildman–Crippen MR) is 129 cm³/mol. The van der Waals surface area contributed by atoms with Gasteiger partial charge >= 0.3 is 11.9 Å². The number of esters is 2. The van der Waals surface area contributed by atoms with E-state index in [0.717, 1.165) is 22.0 Å². The zero-order valence-electron chi connectivity index (χ0n) is 18.2. The van der Waals surface area contributed by atoms with Crippen molar-refractivity contribution in [3.63, 3.8) is 0 Å². The van der Waals surface area contributed by atoms with Crippen LogP contribution in [0.25, 0.3) is 0 Å². The van der Waals surface area contributed by atoms with Crippen molar-refractivity contribution < 1.29 is 19.1 Å². The molecular weight excluding hydrogens is 421 g/mol. The first kappa shape index (κ1) is 23.2. The second-order valence-electron chi connectivity index (χ2n) is 6.74. The molecular formula is C26H26NO4P. The summed E-state index contributed by atoms with van der Waals surface area (Å²) in [6.07, 6.45) is 1.13. The summed E-state index contributed by atoms with van der Waals surface area (Å²) in [5.41, 5.74) is -0.0600. The summed E-state index contributed by atoms with van der Waals surface area (Å²) in [6.45, 7) is 3.79. The summed E-state index contributed by atoms with van der Waals surface area (Å²) >= 11 is 0. The number of nitrogens with zero attached hydrogens (tertiary/aromatic N) is 1. The SMILES string of the molecule is CCOC(=O)/C=C(/N=P(c1ccccc1)(c1ccccc1)c1ccccc1)C(=O)OCC. The molecule has 0 aliphatic carbocycles. The third kappa shape index (κ3) is 5.24. The number of carbonyl (C=O) groups is 2. The highest BCUT2D eigenvalue weighted by Crippen LogP contribution is 2.47. The van der Waals surface area contributed by atoms with E-state index in [1.54, 1.807) is 13.8 Å². The van der Waals surface area contributed by atoms with Gasteiger partial charge in [-0.05, 0) is 13.8 Å². The molecule has 0 aliphatic heterocycles. The molecule has 0 saturated heterocycles. The van der Waals surface area contributed by atoms with Crippen LogP contribution in [0.5, 0.6) is 0 Å². The largest absolute Gasteiger partial charge is 0.463 e. The number of ether oxygens (including phenoxy) is 2. The first-order chi connectivity index (χ1) is 15.6. The zero-order valence-corrected chi connectivity index (χ0v) is 19.1. The van der Waals surface area contributed by atoms with Gasteiger partial charge in [0, 0.05) is 15.9 Å². The third-order valence-corrected chi connectivity index (χ3v) is 8.32. The van der Waals surface area contributed by atoms with E-state index in [-0.39, 0.29) is 18.9 Å². The summed E-state index contributed by atoms with van der Waals surface area (Å²) in [7, 11) is -2.71. The lowest BCUT2D eigenvalue weighted by molar-refractivity contribution is -0.141. The van der Waals surface area contributed by atoms with Gasteiger partial charge in [0.15, 0.2) is 5.70 Å². The van der Waals surface area contributed by atoms with Crippen molar-refractivity contribution in [1.29, 1.82) is 0 Å². The minimum absolute atomic E-state index is 0.0600. The molecule has 0 fully saturated rings. The molecule has 0 spiro atoms. The van der Waals surface area contributed by atoms with Crippen molar-refractivity contribution in [3.8, 4) is 0 Å². The highest BCUT2D eigenvalue weighted by Gasteiger charge is 2.29. The standard InChI is InChI=1S/C26H26NO4P/c1-3-30-25(28)20-24(26(29)31-4-2)27-32(21-14-8-5-9-15-21,22-16-10-6-11-17-22)23-18-12-7-13-19-23/h5-20H,3-4H2,1-2H3/b24-20+. The van der Waals surface area contributed by atoms with Crippen LogP contribution in [0, 0.1) is 0 Å². The van der Waals surface area contributed by atoms with Crippen LogP contribution < -0.4 is 15.9 Å². The van der Waals surface area contributed by atoms with Crippen molar-refractivity contribution in [3.05, 3.63) is 103 Å². The predicted octanol–water partition coefficient (Wildman–Crippen LogP) is 4.17. The number of rotatable bonds is 8. The fourth-order valence-electron chi connectivity index (χ4n) is 3.34. The lowest BCUT2D eigenvalue weighted by Gasteiger charge is -2.27. The van der Waals surface area contributed by atoms with E-state index in [9.17, 15) is 9.59 Å². The van der Waals surface area contributed by atoms with Crippen LogP contribution in [-0.4, -0.2) is 25.2 Å². The Balaban J connectivity index is 2.42. The second-order valence-corrected chi connectivity index (χ2v) is 9.76. The van der Waals surface area contributed by atoms with E-state index in [4.69, 9.17) is 14.2 Å². The van der Waals surface area contributed by atoms with E-state index in [1.807, 2.05) is 91.0 Å². The number of hydrogen-bond acceptors (Lipinski definition) is 5. The smallest absolute Gasteiger partial charge is 0.357 e. The molecule has 3 aromatic carbocycles. The number of benzene rings is 3. The highest BCUT2D eigenvalue weighted by atomic mass is 31.2.